The van der Waals surface area contributed by atoms with Gasteiger partial charge in [0.1, 0.15) is 0 Å². The van der Waals surface area contributed by atoms with Crippen LogP contribution in [0.1, 0.15) is 20.3 Å². The third-order valence-corrected chi connectivity index (χ3v) is 1.67. The second-order valence-corrected chi connectivity index (χ2v) is 2.93. The molecule has 0 aromatic heterocycles. The van der Waals surface area contributed by atoms with Crippen molar-refractivity contribution < 1.29 is 4.79 Å². The van der Waals surface area contributed by atoms with E-state index in [1.54, 1.807) is 6.92 Å². The molecule has 0 spiro atoms. The molecule has 72 valence electrons. The topological polar surface area (TPSA) is 77.9 Å². The summed E-state index contributed by atoms with van der Waals surface area (Å²) < 4.78 is 0. The van der Waals surface area contributed by atoms with Gasteiger partial charge in [-0.2, -0.15) is 4.91 Å². The van der Waals surface area contributed by atoms with Gasteiger partial charge in [-0.05, 0) is 24.1 Å². The number of azide groups is 1. The molecule has 0 aromatic rings. The summed E-state index contributed by atoms with van der Waals surface area (Å²) in [6.45, 7) is 7.60. The molecule has 0 heterocycles. The van der Waals surface area contributed by atoms with Gasteiger partial charge in [0.2, 0.25) is 0 Å². The molecule has 1 N–H and O–H groups in total. The molecule has 1 unspecified atom stereocenters. The van der Waals surface area contributed by atoms with Gasteiger partial charge in [-0.3, -0.25) is 10.2 Å². The molecular weight excluding hydrogens is 168 g/mol. The highest BCUT2D eigenvalue weighted by atomic mass is 16.1. The summed E-state index contributed by atoms with van der Waals surface area (Å²) in [6.07, 6.45) is 0.644. The molecule has 0 saturated carbocycles. The van der Waals surface area contributed by atoms with E-state index in [1.807, 2.05) is 6.92 Å². The molecule has 1 atom stereocenters. The average molecular weight is 182 g/mol. The standard InChI is InChI=1S/C8H14N4O/c1-6(2)8(13)7(3)4-5-10-12-11-9/h7,10H,1,4-5H2,2-3H3. The van der Waals surface area contributed by atoms with Gasteiger partial charge < -0.3 is 0 Å². The quantitative estimate of drug-likeness (QED) is 0.170. The Balaban J connectivity index is 3.74. The molecule has 0 aromatic carbocycles. The predicted octanol–water partition coefficient (Wildman–Crippen LogP) is 1.97. The number of allylic oxidation sites excluding steroid dienone is 1. The van der Waals surface area contributed by atoms with Crippen LogP contribution in [0.4, 0.5) is 0 Å². The van der Waals surface area contributed by atoms with Gasteiger partial charge in [0.15, 0.2) is 5.78 Å². The molecule has 5 nitrogen and oxygen atoms in total. The Morgan fingerprint density at radius 2 is 2.38 bits per heavy atom. The van der Waals surface area contributed by atoms with Gasteiger partial charge in [-0.15, -0.1) is 5.53 Å². The minimum absolute atomic E-state index is 0.0581. The van der Waals surface area contributed by atoms with Crippen molar-refractivity contribution in [2.24, 2.45) is 11.1 Å². The van der Waals surface area contributed by atoms with Gasteiger partial charge >= 0.3 is 0 Å². The number of ketones is 1. The lowest BCUT2D eigenvalue weighted by atomic mass is 9.98. The van der Waals surface area contributed by atoms with Crippen molar-refractivity contribution >= 4 is 5.78 Å². The lowest BCUT2D eigenvalue weighted by Gasteiger charge is -2.07. The second-order valence-electron chi connectivity index (χ2n) is 2.93. The van der Waals surface area contributed by atoms with Crippen LogP contribution in [0.2, 0.25) is 0 Å². The van der Waals surface area contributed by atoms with E-state index in [9.17, 15) is 4.79 Å². The van der Waals surface area contributed by atoms with Crippen molar-refractivity contribution in [2.75, 3.05) is 6.54 Å². The van der Waals surface area contributed by atoms with Crippen molar-refractivity contribution in [3.8, 4) is 0 Å². The highest BCUT2D eigenvalue weighted by Gasteiger charge is 2.12. The van der Waals surface area contributed by atoms with E-state index in [0.717, 1.165) is 0 Å². The summed E-state index contributed by atoms with van der Waals surface area (Å²) in [5, 5.41) is 3.14. The molecule has 0 aliphatic heterocycles. The first kappa shape index (κ1) is 11.5. The lowest BCUT2D eigenvalue weighted by Crippen LogP contribution is -2.17. The molecule has 5 heteroatoms. The van der Waals surface area contributed by atoms with Crippen LogP contribution >= 0.6 is 0 Å². The number of nitrogens with zero attached hydrogens (tertiary/aromatic N) is 3. The van der Waals surface area contributed by atoms with Crippen LogP contribution in [0.3, 0.4) is 0 Å². The number of carbonyl (C=O) groups excluding carboxylic acids is 1. The lowest BCUT2D eigenvalue weighted by molar-refractivity contribution is -0.118. The highest BCUT2D eigenvalue weighted by molar-refractivity contribution is 5.95. The number of nitrogens with one attached hydrogen (secondary N) is 1. The van der Waals surface area contributed by atoms with E-state index in [1.165, 1.54) is 0 Å². The Bertz CT molecular complexity index is 243. The first-order valence-corrected chi connectivity index (χ1v) is 4.06. The molecule has 0 radical (unpaired) electrons. The minimum Gasteiger partial charge on any atom is -0.294 e. The van der Waals surface area contributed by atoms with Crippen LogP contribution in [0.5, 0.6) is 0 Å². The molecule has 0 fully saturated rings. The average Bonchev–Trinajstić information content (AvgIpc) is 2.10. The molecule has 0 bridgehead atoms. The van der Waals surface area contributed by atoms with E-state index < -0.39 is 0 Å². The van der Waals surface area contributed by atoms with E-state index in [0.29, 0.717) is 18.5 Å². The smallest absolute Gasteiger partial charge is 0.160 e. The van der Waals surface area contributed by atoms with Crippen molar-refractivity contribution in [1.29, 1.82) is 0 Å². The van der Waals surface area contributed by atoms with Crippen LogP contribution < -0.4 is 5.43 Å². The zero-order valence-corrected chi connectivity index (χ0v) is 7.95. The Labute approximate surface area is 77.4 Å². The first-order chi connectivity index (χ1) is 6.09. The van der Waals surface area contributed by atoms with Crippen LogP contribution in [0, 0.1) is 5.92 Å². The Hall–Kier alpha value is -1.48. The maximum atomic E-state index is 11.3. The summed E-state index contributed by atoms with van der Waals surface area (Å²) in [5.74, 6) is -0.0124. The minimum atomic E-state index is -0.0705. The fourth-order valence-electron chi connectivity index (χ4n) is 0.914. The molecule has 0 amide bonds. The van der Waals surface area contributed by atoms with Crippen LogP contribution in [-0.2, 0) is 4.79 Å². The Morgan fingerprint density at radius 1 is 1.77 bits per heavy atom. The fraction of sp³-hybridized carbons (Fsp3) is 0.625. The van der Waals surface area contributed by atoms with Crippen LogP contribution in [0.25, 0.3) is 10.4 Å². The van der Waals surface area contributed by atoms with Crippen molar-refractivity contribution in [2.45, 2.75) is 20.3 Å². The van der Waals surface area contributed by atoms with Crippen molar-refractivity contribution in [3.63, 3.8) is 0 Å². The summed E-state index contributed by atoms with van der Waals surface area (Å²) >= 11 is 0. The zero-order chi connectivity index (χ0) is 10.3. The fourth-order valence-corrected chi connectivity index (χ4v) is 0.914. The molecular formula is C8H14N4O. The zero-order valence-electron chi connectivity index (χ0n) is 7.95. The molecule has 0 rings (SSSR count). The van der Waals surface area contributed by atoms with E-state index in [-0.39, 0.29) is 11.7 Å². The third kappa shape index (κ3) is 4.87. The maximum Gasteiger partial charge on any atom is 0.160 e. The van der Waals surface area contributed by atoms with Crippen LogP contribution in [-0.4, -0.2) is 12.3 Å². The number of hydrogen-bond acceptors (Lipinski definition) is 2. The Morgan fingerprint density at radius 3 is 2.85 bits per heavy atom. The normalized spacial score (nSPS) is 11.2. The largest absolute Gasteiger partial charge is 0.294 e. The number of Topliss-reactive ketones (excluding diaryl/α,β-unsaturated/α-hetero) is 1. The Kier molecular flexibility index (Phi) is 5.39. The number of hydrogen-bond donors (Lipinski definition) is 1. The highest BCUT2D eigenvalue weighted by Crippen LogP contribution is 2.07. The molecule has 0 aliphatic carbocycles. The summed E-state index contributed by atoms with van der Waals surface area (Å²) in [6, 6.07) is 0. The van der Waals surface area contributed by atoms with Gasteiger partial charge in [0.25, 0.3) is 0 Å². The number of rotatable bonds is 6. The third-order valence-electron chi connectivity index (χ3n) is 1.67. The van der Waals surface area contributed by atoms with Gasteiger partial charge in [-0.1, -0.05) is 13.5 Å². The van der Waals surface area contributed by atoms with Gasteiger partial charge in [0.05, 0.1) is 6.54 Å². The van der Waals surface area contributed by atoms with E-state index in [4.69, 9.17) is 5.53 Å². The molecule has 0 saturated heterocycles. The molecule has 0 aliphatic rings. The van der Waals surface area contributed by atoms with E-state index >= 15 is 0 Å². The second kappa shape index (κ2) is 6.08. The SMILES string of the molecule is C=C(C)C(=O)C(C)CCNN=[N+]=[N-]. The maximum absolute atomic E-state index is 11.3. The number of carbonyl (C=O) groups is 1. The monoisotopic (exact) mass is 182 g/mol. The van der Waals surface area contributed by atoms with Gasteiger partial charge in [-0.25, -0.2) is 0 Å². The summed E-state index contributed by atoms with van der Waals surface area (Å²) in [5.41, 5.74) is 11.0. The summed E-state index contributed by atoms with van der Waals surface area (Å²) in [7, 11) is 0. The van der Waals surface area contributed by atoms with Crippen LogP contribution in [0.15, 0.2) is 17.4 Å². The first-order valence-electron chi connectivity index (χ1n) is 4.06. The molecule has 13 heavy (non-hydrogen) atoms. The van der Waals surface area contributed by atoms with Gasteiger partial charge in [0, 0.05) is 5.92 Å². The van der Waals surface area contributed by atoms with E-state index in [2.05, 4.69) is 22.1 Å². The predicted molar refractivity (Wildman–Crippen MR) is 50.8 cm³/mol. The summed E-state index contributed by atoms with van der Waals surface area (Å²) in [4.78, 5) is 13.8. The van der Waals surface area contributed by atoms with Crippen molar-refractivity contribution in [1.82, 2.24) is 5.43 Å². The van der Waals surface area contributed by atoms with Crippen molar-refractivity contribution in [3.05, 3.63) is 22.6 Å².